The van der Waals surface area contributed by atoms with E-state index < -0.39 is 23.5 Å². The van der Waals surface area contributed by atoms with E-state index in [2.05, 4.69) is 47.7 Å². The fourth-order valence-electron chi connectivity index (χ4n) is 4.25. The summed E-state index contributed by atoms with van der Waals surface area (Å²) >= 11 is 0. The van der Waals surface area contributed by atoms with Crippen LogP contribution in [0.1, 0.15) is 85.4 Å². The fraction of sp³-hybridized carbons (Fsp3) is 0.594. The van der Waals surface area contributed by atoms with Crippen molar-refractivity contribution < 1.29 is 26.3 Å². The van der Waals surface area contributed by atoms with Gasteiger partial charge in [-0.1, -0.05) is 55.4 Å². The third-order valence-corrected chi connectivity index (χ3v) is 6.24. The average Bonchev–Trinajstić information content (AvgIpc) is 3.52. The molecule has 2 atom stereocenters. The van der Waals surface area contributed by atoms with Crippen LogP contribution < -0.4 is 4.90 Å². The summed E-state index contributed by atoms with van der Waals surface area (Å²) in [5, 5.41) is 4.10. The van der Waals surface area contributed by atoms with Gasteiger partial charge in [-0.25, -0.2) is 9.97 Å². The number of hydrogen-bond acceptors (Lipinski definition) is 5. The van der Waals surface area contributed by atoms with Crippen molar-refractivity contribution in [1.82, 2.24) is 24.6 Å². The van der Waals surface area contributed by atoms with Crippen LogP contribution >= 0.6 is 0 Å². The molecule has 6 nitrogen and oxygen atoms in total. The number of halogens is 6. The molecule has 3 aromatic rings. The number of anilines is 1. The van der Waals surface area contributed by atoms with Crippen molar-refractivity contribution in [2.75, 3.05) is 18.5 Å². The molecule has 1 saturated heterocycles. The van der Waals surface area contributed by atoms with E-state index in [1.54, 1.807) is 41.4 Å². The zero-order valence-electron chi connectivity index (χ0n) is 27.8. The molecular weight excluding hydrogens is 582 g/mol. The van der Waals surface area contributed by atoms with Gasteiger partial charge >= 0.3 is 12.4 Å². The van der Waals surface area contributed by atoms with Gasteiger partial charge in [0.05, 0.1) is 17.3 Å². The lowest BCUT2D eigenvalue weighted by molar-refractivity contribution is -0.143. The molecule has 0 bridgehead atoms. The van der Waals surface area contributed by atoms with Gasteiger partial charge in [0.1, 0.15) is 0 Å². The maximum absolute atomic E-state index is 13.4. The van der Waals surface area contributed by atoms with Crippen LogP contribution in [0, 0.1) is 5.41 Å². The van der Waals surface area contributed by atoms with Crippen molar-refractivity contribution in [3.8, 4) is 11.1 Å². The average molecular weight is 631 g/mol. The minimum Gasteiger partial charge on any atom is -0.332 e. The molecule has 1 aromatic carbocycles. The van der Waals surface area contributed by atoms with Crippen LogP contribution in [-0.4, -0.2) is 50.3 Å². The van der Waals surface area contributed by atoms with E-state index in [0.717, 1.165) is 17.7 Å². The molecule has 248 valence electrons. The van der Waals surface area contributed by atoms with Crippen LogP contribution in [0.15, 0.2) is 43.0 Å². The van der Waals surface area contributed by atoms with Crippen molar-refractivity contribution in [3.63, 3.8) is 0 Å². The number of likely N-dealkylation sites (N-methyl/N-ethyl adjacent to an activating group) is 1. The first kappa shape index (κ1) is 38.9. The lowest BCUT2D eigenvalue weighted by Crippen LogP contribution is -2.38. The molecule has 0 saturated carbocycles. The van der Waals surface area contributed by atoms with Gasteiger partial charge in [0.2, 0.25) is 5.95 Å². The number of aryl methyl sites for hydroxylation is 1. The zero-order valence-corrected chi connectivity index (χ0v) is 27.8. The molecular formula is C32H48F6N6. The highest BCUT2D eigenvalue weighted by Gasteiger charge is 2.38. The summed E-state index contributed by atoms with van der Waals surface area (Å²) in [5.74, 6) is 0.233. The molecule has 1 aliphatic heterocycles. The Balaban J connectivity index is 0.000000962. The minimum atomic E-state index is -4.91. The Morgan fingerprint density at radius 2 is 1.27 bits per heavy atom. The lowest BCUT2D eigenvalue weighted by Gasteiger charge is -2.29. The standard InChI is InChI=1S/C23H24F6N6.C5H12.2C2H6/c1-14-4-20(13-33(14)2)35(21-30-8-16(9-31-21)17-10-32-34(3)12-17)11-15-5-18(22(24,25)26)7-19(6-15)23(27,28)29;1-5(2,3)4;2*1-2/h5-10,12,14,20H,4,11,13H2,1-3H3;1-4H3;2*1-2H3/t14-,20+;;;/m1.../s1. The van der Waals surface area contributed by atoms with Crippen molar-refractivity contribution in [1.29, 1.82) is 0 Å². The highest BCUT2D eigenvalue weighted by atomic mass is 19.4. The molecule has 4 rings (SSSR count). The van der Waals surface area contributed by atoms with E-state index in [0.29, 0.717) is 23.9 Å². The number of likely N-dealkylation sites (tertiary alicyclic amines) is 1. The molecule has 0 N–H and O–H groups in total. The van der Waals surface area contributed by atoms with E-state index >= 15 is 0 Å². The van der Waals surface area contributed by atoms with Gasteiger partial charge < -0.3 is 9.80 Å². The van der Waals surface area contributed by atoms with Crippen LogP contribution in [-0.2, 0) is 25.9 Å². The Bertz CT molecular complexity index is 1210. The van der Waals surface area contributed by atoms with E-state index in [9.17, 15) is 26.3 Å². The predicted octanol–water partition coefficient (Wildman–Crippen LogP) is 9.12. The largest absolute Gasteiger partial charge is 0.416 e. The van der Waals surface area contributed by atoms with E-state index in [1.165, 1.54) is 0 Å². The monoisotopic (exact) mass is 630 g/mol. The van der Waals surface area contributed by atoms with Crippen LogP contribution in [0.4, 0.5) is 32.3 Å². The van der Waals surface area contributed by atoms with Crippen molar-refractivity contribution in [2.24, 2.45) is 12.5 Å². The van der Waals surface area contributed by atoms with E-state index in [-0.39, 0.29) is 36.2 Å². The summed E-state index contributed by atoms with van der Waals surface area (Å²) in [6.45, 7) is 19.1. The Morgan fingerprint density at radius 3 is 1.64 bits per heavy atom. The number of hydrogen-bond donors (Lipinski definition) is 0. The topological polar surface area (TPSA) is 50.1 Å². The highest BCUT2D eigenvalue weighted by Crippen LogP contribution is 2.37. The third kappa shape index (κ3) is 12.1. The summed E-state index contributed by atoms with van der Waals surface area (Å²) < 4.78 is 82.0. The van der Waals surface area contributed by atoms with E-state index in [1.807, 2.05) is 41.7 Å². The Hall–Kier alpha value is -3.15. The van der Waals surface area contributed by atoms with Gasteiger partial charge in [-0.3, -0.25) is 4.68 Å². The van der Waals surface area contributed by atoms with Gasteiger partial charge in [-0.2, -0.15) is 31.4 Å². The lowest BCUT2D eigenvalue weighted by atomic mass is 10.0. The molecule has 12 heteroatoms. The molecule has 0 amide bonds. The third-order valence-electron chi connectivity index (χ3n) is 6.24. The molecule has 1 fully saturated rings. The Morgan fingerprint density at radius 1 is 0.795 bits per heavy atom. The minimum absolute atomic E-state index is 0.116. The number of nitrogens with zero attached hydrogens (tertiary/aromatic N) is 6. The molecule has 2 aromatic heterocycles. The van der Waals surface area contributed by atoms with Gasteiger partial charge in [0, 0.05) is 61.9 Å². The molecule has 44 heavy (non-hydrogen) atoms. The highest BCUT2D eigenvalue weighted by molar-refractivity contribution is 5.60. The quantitative estimate of drug-likeness (QED) is 0.263. The molecule has 1 aliphatic rings. The SMILES string of the molecule is CC.CC.CC(C)(C)C.C[C@@H]1C[C@H](N(Cc2cc(C(F)(F)F)cc(C(F)(F)F)c2)c2ncc(-c3cnn(C)c3)cn2)CN1C. The molecule has 0 unspecified atom stereocenters. The normalized spacial score (nSPS) is 17.0. The van der Waals surface area contributed by atoms with Gasteiger partial charge in [-0.05, 0) is 49.6 Å². The number of rotatable bonds is 5. The van der Waals surface area contributed by atoms with Gasteiger partial charge in [-0.15, -0.1) is 0 Å². The molecule has 0 aliphatic carbocycles. The fourth-order valence-corrected chi connectivity index (χ4v) is 4.25. The second-order valence-electron chi connectivity index (χ2n) is 11.9. The zero-order chi connectivity index (χ0) is 34.0. The maximum Gasteiger partial charge on any atom is 0.416 e. The van der Waals surface area contributed by atoms with Crippen molar-refractivity contribution >= 4 is 5.95 Å². The number of aromatic nitrogens is 4. The van der Waals surface area contributed by atoms with Crippen LogP contribution in [0.25, 0.3) is 11.1 Å². The number of alkyl halides is 6. The number of benzene rings is 1. The summed E-state index contributed by atoms with van der Waals surface area (Å²) in [4.78, 5) is 12.6. The second kappa shape index (κ2) is 16.2. The van der Waals surface area contributed by atoms with Crippen molar-refractivity contribution in [2.45, 2.75) is 99.7 Å². The van der Waals surface area contributed by atoms with Crippen LogP contribution in [0.3, 0.4) is 0 Å². The Labute approximate surface area is 258 Å². The molecule has 0 spiro atoms. The summed E-state index contributed by atoms with van der Waals surface area (Å²) in [7, 11) is 3.68. The smallest absolute Gasteiger partial charge is 0.332 e. The van der Waals surface area contributed by atoms with E-state index in [4.69, 9.17) is 0 Å². The van der Waals surface area contributed by atoms with Crippen LogP contribution in [0.2, 0.25) is 0 Å². The Kier molecular flexibility index (Phi) is 14.4. The molecule has 3 heterocycles. The first-order chi connectivity index (χ1) is 20.3. The first-order valence-electron chi connectivity index (χ1n) is 14.9. The predicted molar refractivity (Wildman–Crippen MR) is 165 cm³/mol. The van der Waals surface area contributed by atoms with Crippen molar-refractivity contribution in [3.05, 3.63) is 59.7 Å². The maximum atomic E-state index is 13.4. The van der Waals surface area contributed by atoms with Gasteiger partial charge in [0.25, 0.3) is 0 Å². The molecule has 0 radical (unpaired) electrons. The van der Waals surface area contributed by atoms with Gasteiger partial charge in [0.15, 0.2) is 0 Å². The van der Waals surface area contributed by atoms with Crippen LogP contribution in [0.5, 0.6) is 0 Å². The summed E-state index contributed by atoms with van der Waals surface area (Å²) in [6.07, 6.45) is -2.59. The summed E-state index contributed by atoms with van der Waals surface area (Å²) in [5.41, 5.74) is -0.821. The first-order valence-corrected chi connectivity index (χ1v) is 14.9. The summed E-state index contributed by atoms with van der Waals surface area (Å²) in [6, 6.07) is 1.65. The second-order valence-corrected chi connectivity index (χ2v) is 11.9.